The van der Waals surface area contributed by atoms with E-state index in [1.54, 1.807) is 12.1 Å². The van der Waals surface area contributed by atoms with E-state index in [2.05, 4.69) is 4.72 Å². The summed E-state index contributed by atoms with van der Waals surface area (Å²) in [7, 11) is -3.60. The van der Waals surface area contributed by atoms with Crippen molar-refractivity contribution in [3.63, 3.8) is 0 Å². The molecule has 0 fully saturated rings. The number of hydrogen-bond donors (Lipinski definition) is 2. The Labute approximate surface area is 113 Å². The van der Waals surface area contributed by atoms with E-state index in [4.69, 9.17) is 5.26 Å². The predicted molar refractivity (Wildman–Crippen MR) is 71.9 cm³/mol. The van der Waals surface area contributed by atoms with E-state index < -0.39 is 16.1 Å². The third-order valence-corrected chi connectivity index (χ3v) is 4.09. The van der Waals surface area contributed by atoms with E-state index in [1.165, 1.54) is 12.1 Å². The summed E-state index contributed by atoms with van der Waals surface area (Å²) >= 11 is 0. The molecule has 0 spiro atoms. The minimum Gasteiger partial charge on any atom is -0.392 e. The molecule has 0 aliphatic carbocycles. The van der Waals surface area contributed by atoms with Crippen LogP contribution in [0.5, 0.6) is 0 Å². The molecular weight excluding hydrogens is 264 g/mol. The summed E-state index contributed by atoms with van der Waals surface area (Å²) in [4.78, 5) is 0.137. The van der Waals surface area contributed by atoms with Crippen LogP contribution < -0.4 is 4.72 Å². The molecule has 5 nitrogen and oxygen atoms in total. The van der Waals surface area contributed by atoms with Crippen molar-refractivity contribution in [1.29, 1.82) is 5.26 Å². The van der Waals surface area contributed by atoms with Gasteiger partial charge < -0.3 is 5.11 Å². The highest BCUT2D eigenvalue weighted by atomic mass is 32.2. The van der Waals surface area contributed by atoms with E-state index in [9.17, 15) is 13.5 Å². The van der Waals surface area contributed by atoms with Crippen LogP contribution in [0.1, 0.15) is 25.3 Å². The molecule has 0 radical (unpaired) electrons. The maximum atomic E-state index is 11.9. The molecule has 0 saturated carbocycles. The molecule has 1 unspecified atom stereocenters. The third kappa shape index (κ3) is 4.99. The molecule has 0 bridgehead atoms. The van der Waals surface area contributed by atoms with Crippen LogP contribution in [0.4, 0.5) is 0 Å². The summed E-state index contributed by atoms with van der Waals surface area (Å²) in [6, 6.07) is 8.14. The normalized spacial score (nSPS) is 12.9. The Hall–Kier alpha value is -1.42. The van der Waals surface area contributed by atoms with Gasteiger partial charge in [0.05, 0.1) is 23.5 Å². The van der Waals surface area contributed by atoms with Gasteiger partial charge in [-0.15, -0.1) is 0 Å². The van der Waals surface area contributed by atoms with Crippen LogP contribution in [0, 0.1) is 11.3 Å². The van der Waals surface area contributed by atoms with E-state index >= 15 is 0 Å². The SMILES string of the molecule is CCCC(O)CNS(=O)(=O)c1ccc(CC#N)cc1. The highest BCUT2D eigenvalue weighted by Gasteiger charge is 2.15. The van der Waals surface area contributed by atoms with Crippen LogP contribution in [0.3, 0.4) is 0 Å². The summed E-state index contributed by atoms with van der Waals surface area (Å²) in [5, 5.41) is 18.0. The molecule has 19 heavy (non-hydrogen) atoms. The molecule has 1 aromatic carbocycles. The number of rotatable bonds is 7. The first kappa shape index (κ1) is 15.6. The number of nitrogens with zero attached hydrogens (tertiary/aromatic N) is 1. The molecule has 1 aromatic rings. The lowest BCUT2D eigenvalue weighted by Crippen LogP contribution is -2.32. The molecule has 0 aliphatic rings. The number of aliphatic hydroxyl groups excluding tert-OH is 1. The number of hydrogen-bond acceptors (Lipinski definition) is 4. The smallest absolute Gasteiger partial charge is 0.240 e. The second kappa shape index (κ2) is 7.24. The Bertz CT molecular complexity index is 532. The average molecular weight is 282 g/mol. The number of aliphatic hydroxyl groups is 1. The highest BCUT2D eigenvalue weighted by Crippen LogP contribution is 2.11. The third-order valence-electron chi connectivity index (χ3n) is 2.65. The lowest BCUT2D eigenvalue weighted by Gasteiger charge is -2.11. The molecule has 1 rings (SSSR count). The molecule has 0 saturated heterocycles. The van der Waals surface area contributed by atoms with Gasteiger partial charge in [-0.3, -0.25) is 0 Å². The summed E-state index contributed by atoms with van der Waals surface area (Å²) in [6.45, 7) is 1.93. The van der Waals surface area contributed by atoms with Crippen molar-refractivity contribution in [3.05, 3.63) is 29.8 Å². The Balaban J connectivity index is 2.69. The van der Waals surface area contributed by atoms with Gasteiger partial charge in [-0.2, -0.15) is 5.26 Å². The van der Waals surface area contributed by atoms with Gasteiger partial charge >= 0.3 is 0 Å². The first-order chi connectivity index (χ1) is 8.99. The van der Waals surface area contributed by atoms with Gasteiger partial charge in [0, 0.05) is 6.54 Å². The Kier molecular flexibility index (Phi) is 5.96. The molecule has 1 atom stereocenters. The minimum absolute atomic E-state index is 0.0100. The van der Waals surface area contributed by atoms with Gasteiger partial charge in [0.25, 0.3) is 0 Å². The predicted octanol–water partition coefficient (Wildman–Crippen LogP) is 1.19. The first-order valence-corrected chi connectivity index (χ1v) is 7.61. The number of nitriles is 1. The van der Waals surface area contributed by atoms with Crippen LogP contribution in [0.25, 0.3) is 0 Å². The zero-order valence-electron chi connectivity index (χ0n) is 10.8. The molecule has 0 amide bonds. The Morgan fingerprint density at radius 2 is 2.00 bits per heavy atom. The molecule has 0 aromatic heterocycles. The minimum atomic E-state index is -3.60. The quantitative estimate of drug-likeness (QED) is 0.786. The van der Waals surface area contributed by atoms with Gasteiger partial charge in [-0.1, -0.05) is 25.5 Å². The molecule has 104 valence electrons. The number of sulfonamides is 1. The maximum Gasteiger partial charge on any atom is 0.240 e. The molecule has 0 aliphatic heterocycles. The highest BCUT2D eigenvalue weighted by molar-refractivity contribution is 7.89. The van der Waals surface area contributed by atoms with E-state index in [-0.39, 0.29) is 17.9 Å². The number of benzene rings is 1. The summed E-state index contributed by atoms with van der Waals surface area (Å²) in [6.07, 6.45) is 0.941. The zero-order valence-corrected chi connectivity index (χ0v) is 11.7. The van der Waals surface area contributed by atoms with Crippen molar-refractivity contribution < 1.29 is 13.5 Å². The summed E-state index contributed by atoms with van der Waals surface area (Å²) in [5.74, 6) is 0. The van der Waals surface area contributed by atoms with Gasteiger partial charge in [-0.25, -0.2) is 13.1 Å². The second-order valence-corrected chi connectivity index (χ2v) is 6.04. The van der Waals surface area contributed by atoms with Gasteiger partial charge in [0.15, 0.2) is 0 Å². The summed E-state index contributed by atoms with van der Waals surface area (Å²) < 4.78 is 26.2. The van der Waals surface area contributed by atoms with Gasteiger partial charge in [0.2, 0.25) is 10.0 Å². The first-order valence-electron chi connectivity index (χ1n) is 6.13. The standard InChI is InChI=1S/C13H18N2O3S/c1-2-3-12(16)10-15-19(17,18)13-6-4-11(5-7-13)8-9-14/h4-7,12,15-16H,2-3,8,10H2,1H3. The van der Waals surface area contributed by atoms with E-state index in [1.807, 2.05) is 13.0 Å². The van der Waals surface area contributed by atoms with Crippen molar-refractivity contribution in [2.24, 2.45) is 0 Å². The van der Waals surface area contributed by atoms with Crippen molar-refractivity contribution in [3.8, 4) is 6.07 Å². The van der Waals surface area contributed by atoms with Crippen LogP contribution in [0.2, 0.25) is 0 Å². The van der Waals surface area contributed by atoms with Crippen molar-refractivity contribution >= 4 is 10.0 Å². The second-order valence-electron chi connectivity index (χ2n) is 4.27. The van der Waals surface area contributed by atoms with Crippen LogP contribution in [-0.4, -0.2) is 26.2 Å². The largest absolute Gasteiger partial charge is 0.392 e. The molecule has 6 heteroatoms. The average Bonchev–Trinajstić information content (AvgIpc) is 2.38. The van der Waals surface area contributed by atoms with Crippen molar-refractivity contribution in [2.75, 3.05) is 6.54 Å². The summed E-state index contributed by atoms with van der Waals surface area (Å²) in [5.41, 5.74) is 0.771. The van der Waals surface area contributed by atoms with Gasteiger partial charge in [-0.05, 0) is 24.1 Å². The van der Waals surface area contributed by atoms with Gasteiger partial charge in [0.1, 0.15) is 0 Å². The Morgan fingerprint density at radius 3 is 2.53 bits per heavy atom. The lowest BCUT2D eigenvalue weighted by atomic mass is 10.2. The van der Waals surface area contributed by atoms with E-state index in [0.29, 0.717) is 6.42 Å². The molecular formula is C13H18N2O3S. The maximum absolute atomic E-state index is 11.9. The van der Waals surface area contributed by atoms with Crippen LogP contribution in [-0.2, 0) is 16.4 Å². The Morgan fingerprint density at radius 1 is 1.37 bits per heavy atom. The van der Waals surface area contributed by atoms with E-state index in [0.717, 1.165) is 12.0 Å². The monoisotopic (exact) mass is 282 g/mol. The fourth-order valence-electron chi connectivity index (χ4n) is 1.60. The van der Waals surface area contributed by atoms with Crippen molar-refractivity contribution in [1.82, 2.24) is 4.72 Å². The molecule has 2 N–H and O–H groups in total. The van der Waals surface area contributed by atoms with Crippen molar-refractivity contribution in [2.45, 2.75) is 37.2 Å². The topological polar surface area (TPSA) is 90.2 Å². The number of nitrogens with one attached hydrogen (secondary N) is 1. The van der Waals surface area contributed by atoms with Crippen LogP contribution in [0.15, 0.2) is 29.2 Å². The van der Waals surface area contributed by atoms with Crippen LogP contribution >= 0.6 is 0 Å². The fourth-order valence-corrected chi connectivity index (χ4v) is 2.68. The fraction of sp³-hybridized carbons (Fsp3) is 0.462. The zero-order chi connectivity index (χ0) is 14.3. The molecule has 0 heterocycles. The lowest BCUT2D eigenvalue weighted by molar-refractivity contribution is 0.167.